The highest BCUT2D eigenvalue weighted by atomic mass is 16.5. The molecule has 2 aromatic rings. The fourth-order valence-electron chi connectivity index (χ4n) is 4.31. The number of unbranched alkanes of at least 4 members (excludes halogenated alkanes) is 3. The lowest BCUT2D eigenvalue weighted by atomic mass is 9.98. The van der Waals surface area contributed by atoms with Crippen molar-refractivity contribution in [3.8, 4) is 11.1 Å². The molecule has 2 atom stereocenters. The molecular formula is C27H34N2O5. The average Bonchev–Trinajstić information content (AvgIpc) is 3.15. The Hall–Kier alpha value is -3.35. The van der Waals surface area contributed by atoms with E-state index in [1.165, 1.54) is 11.1 Å². The second-order valence-corrected chi connectivity index (χ2v) is 8.90. The Kier molecular flexibility index (Phi) is 9.08. The topological polar surface area (TPSA) is 105 Å². The van der Waals surface area contributed by atoms with Crippen LogP contribution in [-0.2, 0) is 14.3 Å². The first-order valence-corrected chi connectivity index (χ1v) is 12.0. The second-order valence-electron chi connectivity index (χ2n) is 8.90. The molecule has 0 spiro atoms. The predicted molar refractivity (Wildman–Crippen MR) is 131 cm³/mol. The molecule has 3 N–H and O–H groups in total. The quantitative estimate of drug-likeness (QED) is 0.393. The minimum atomic E-state index is -0.778. The van der Waals surface area contributed by atoms with Gasteiger partial charge in [-0.3, -0.25) is 9.59 Å². The summed E-state index contributed by atoms with van der Waals surface area (Å²) in [5.74, 6) is -1.32. The first-order chi connectivity index (χ1) is 16.4. The SMILES string of the molecule is CC(NC(=O)OCC1c2ccccc2-c2ccccc21)C(C)C(=O)NCCCCCCC(=O)O. The number of aliphatic carboxylic acids is 1. The summed E-state index contributed by atoms with van der Waals surface area (Å²) in [6.07, 6.45) is 2.80. The van der Waals surface area contributed by atoms with Crippen molar-refractivity contribution in [2.75, 3.05) is 13.2 Å². The number of amides is 2. The van der Waals surface area contributed by atoms with Crippen molar-refractivity contribution in [2.45, 2.75) is 57.9 Å². The predicted octanol–water partition coefficient (Wildman–Crippen LogP) is 4.70. The molecule has 7 heteroatoms. The van der Waals surface area contributed by atoms with Gasteiger partial charge in [-0.25, -0.2) is 4.79 Å². The normalized spacial score (nSPS) is 13.9. The van der Waals surface area contributed by atoms with Crippen LogP contribution in [0.5, 0.6) is 0 Å². The number of hydrogen-bond donors (Lipinski definition) is 3. The van der Waals surface area contributed by atoms with Crippen LogP contribution in [0.4, 0.5) is 4.79 Å². The minimum absolute atomic E-state index is 0.00956. The summed E-state index contributed by atoms with van der Waals surface area (Å²) in [6.45, 7) is 4.33. The Morgan fingerprint density at radius 2 is 1.50 bits per heavy atom. The van der Waals surface area contributed by atoms with E-state index in [1.54, 1.807) is 13.8 Å². The third-order valence-corrected chi connectivity index (χ3v) is 6.47. The van der Waals surface area contributed by atoms with Gasteiger partial charge >= 0.3 is 12.1 Å². The molecule has 2 aromatic carbocycles. The molecule has 0 saturated heterocycles. The van der Waals surface area contributed by atoms with Crippen LogP contribution in [0.15, 0.2) is 48.5 Å². The smallest absolute Gasteiger partial charge is 0.407 e. The Balaban J connectivity index is 1.41. The van der Waals surface area contributed by atoms with E-state index >= 15 is 0 Å². The van der Waals surface area contributed by atoms with Gasteiger partial charge in [0.25, 0.3) is 0 Å². The number of carbonyl (C=O) groups is 3. The van der Waals surface area contributed by atoms with Gasteiger partial charge in [-0.15, -0.1) is 0 Å². The summed E-state index contributed by atoms with van der Waals surface area (Å²) >= 11 is 0. The molecule has 34 heavy (non-hydrogen) atoms. The lowest BCUT2D eigenvalue weighted by Gasteiger charge is -2.21. The highest BCUT2D eigenvalue weighted by Gasteiger charge is 2.29. The lowest BCUT2D eigenvalue weighted by molar-refractivity contribution is -0.137. The molecule has 3 rings (SSSR count). The van der Waals surface area contributed by atoms with E-state index in [4.69, 9.17) is 9.84 Å². The van der Waals surface area contributed by atoms with Crippen LogP contribution in [-0.4, -0.2) is 42.3 Å². The number of rotatable bonds is 12. The zero-order valence-electron chi connectivity index (χ0n) is 19.9. The molecule has 0 saturated carbocycles. The molecule has 0 radical (unpaired) electrons. The Bertz CT molecular complexity index is 961. The molecule has 0 fully saturated rings. The molecular weight excluding hydrogens is 432 g/mol. The number of carboxylic acid groups (broad SMARTS) is 1. The van der Waals surface area contributed by atoms with Gasteiger partial charge < -0.3 is 20.5 Å². The van der Waals surface area contributed by atoms with E-state index < -0.39 is 18.0 Å². The molecule has 1 aliphatic carbocycles. The first-order valence-electron chi connectivity index (χ1n) is 12.0. The van der Waals surface area contributed by atoms with E-state index in [2.05, 4.69) is 34.9 Å². The zero-order chi connectivity index (χ0) is 24.5. The summed E-state index contributed by atoms with van der Waals surface area (Å²) in [6, 6.07) is 16.0. The minimum Gasteiger partial charge on any atom is -0.481 e. The van der Waals surface area contributed by atoms with Gasteiger partial charge in [0.15, 0.2) is 0 Å². The fourth-order valence-corrected chi connectivity index (χ4v) is 4.31. The summed E-state index contributed by atoms with van der Waals surface area (Å²) in [7, 11) is 0. The van der Waals surface area contributed by atoms with Crippen molar-refractivity contribution >= 4 is 18.0 Å². The summed E-state index contributed by atoms with van der Waals surface area (Å²) in [5, 5.41) is 14.3. The van der Waals surface area contributed by atoms with Gasteiger partial charge in [0, 0.05) is 24.9 Å². The molecule has 7 nitrogen and oxygen atoms in total. The number of carbonyl (C=O) groups excluding carboxylic acids is 2. The number of carboxylic acids is 1. The van der Waals surface area contributed by atoms with Crippen molar-refractivity contribution in [2.24, 2.45) is 5.92 Å². The highest BCUT2D eigenvalue weighted by molar-refractivity contribution is 5.80. The van der Waals surface area contributed by atoms with E-state index in [0.29, 0.717) is 13.0 Å². The number of benzene rings is 2. The standard InChI is InChI=1S/C27H34N2O5/c1-18(26(32)28-16-10-4-3-5-15-25(30)31)19(2)29-27(33)34-17-24-22-13-8-6-11-20(22)21-12-7-9-14-23(21)24/h6-9,11-14,18-19,24H,3-5,10,15-17H2,1-2H3,(H,28,32)(H,29,33)(H,30,31). The molecule has 1 aliphatic rings. The molecule has 0 aromatic heterocycles. The molecule has 2 amide bonds. The van der Waals surface area contributed by atoms with E-state index in [-0.39, 0.29) is 30.9 Å². The third-order valence-electron chi connectivity index (χ3n) is 6.47. The number of fused-ring (bicyclic) bond motifs is 3. The van der Waals surface area contributed by atoms with Gasteiger partial charge in [-0.1, -0.05) is 68.3 Å². The van der Waals surface area contributed by atoms with Gasteiger partial charge in [-0.2, -0.15) is 0 Å². The molecule has 2 unspecified atom stereocenters. The summed E-state index contributed by atoms with van der Waals surface area (Å²) < 4.78 is 5.57. The van der Waals surface area contributed by atoms with Crippen molar-refractivity contribution in [1.82, 2.24) is 10.6 Å². The fraction of sp³-hybridized carbons (Fsp3) is 0.444. The van der Waals surface area contributed by atoms with E-state index in [9.17, 15) is 14.4 Å². The van der Waals surface area contributed by atoms with Gasteiger partial charge in [-0.05, 0) is 42.0 Å². The molecule has 0 bridgehead atoms. The lowest BCUT2D eigenvalue weighted by Crippen LogP contribution is -2.44. The zero-order valence-corrected chi connectivity index (χ0v) is 19.9. The van der Waals surface area contributed by atoms with Gasteiger partial charge in [0.2, 0.25) is 5.91 Å². The largest absolute Gasteiger partial charge is 0.481 e. The average molecular weight is 467 g/mol. The van der Waals surface area contributed by atoms with Crippen LogP contribution in [0.2, 0.25) is 0 Å². The highest BCUT2D eigenvalue weighted by Crippen LogP contribution is 2.44. The number of nitrogens with one attached hydrogen (secondary N) is 2. The Morgan fingerprint density at radius 1 is 0.912 bits per heavy atom. The van der Waals surface area contributed by atoms with Crippen LogP contribution in [0.1, 0.15) is 63.0 Å². The maximum atomic E-state index is 12.5. The van der Waals surface area contributed by atoms with E-state index in [1.807, 2.05) is 24.3 Å². The summed E-state index contributed by atoms with van der Waals surface area (Å²) in [5.41, 5.74) is 4.65. The first kappa shape index (κ1) is 25.3. The van der Waals surface area contributed by atoms with Crippen LogP contribution in [0, 0.1) is 5.92 Å². The Labute approximate surface area is 200 Å². The van der Waals surface area contributed by atoms with Crippen LogP contribution in [0.25, 0.3) is 11.1 Å². The van der Waals surface area contributed by atoms with Crippen LogP contribution in [0.3, 0.4) is 0 Å². The second kappa shape index (κ2) is 12.2. The van der Waals surface area contributed by atoms with E-state index in [0.717, 1.165) is 30.4 Å². The number of hydrogen-bond acceptors (Lipinski definition) is 4. The Morgan fingerprint density at radius 3 is 2.12 bits per heavy atom. The molecule has 182 valence electrons. The van der Waals surface area contributed by atoms with Crippen LogP contribution < -0.4 is 10.6 Å². The van der Waals surface area contributed by atoms with Gasteiger partial charge in [0.1, 0.15) is 6.61 Å². The van der Waals surface area contributed by atoms with Crippen LogP contribution >= 0.6 is 0 Å². The van der Waals surface area contributed by atoms with Crippen molar-refractivity contribution in [3.05, 3.63) is 59.7 Å². The van der Waals surface area contributed by atoms with Crippen molar-refractivity contribution in [1.29, 1.82) is 0 Å². The monoisotopic (exact) mass is 466 g/mol. The maximum absolute atomic E-state index is 12.5. The number of ether oxygens (including phenoxy) is 1. The van der Waals surface area contributed by atoms with Gasteiger partial charge in [0.05, 0.1) is 5.92 Å². The number of alkyl carbamates (subject to hydrolysis) is 1. The summed E-state index contributed by atoms with van der Waals surface area (Å²) in [4.78, 5) is 35.4. The van der Waals surface area contributed by atoms with Crippen molar-refractivity contribution < 1.29 is 24.2 Å². The molecule has 0 aliphatic heterocycles. The molecule has 0 heterocycles. The maximum Gasteiger partial charge on any atom is 0.407 e. The third kappa shape index (κ3) is 6.59. The van der Waals surface area contributed by atoms with Crippen molar-refractivity contribution in [3.63, 3.8) is 0 Å².